The molecule has 1 aliphatic heterocycles. The van der Waals surface area contributed by atoms with Crippen LogP contribution in [0, 0.1) is 0 Å². The van der Waals surface area contributed by atoms with E-state index in [-0.39, 0.29) is 12.7 Å². The number of benzene rings is 1. The molecule has 7 nitrogen and oxygen atoms in total. The third-order valence-corrected chi connectivity index (χ3v) is 3.17. The number of nitrogens with zero attached hydrogens (tertiary/aromatic N) is 3. The first-order valence-electron chi connectivity index (χ1n) is 6.80. The maximum atomic E-state index is 12.2. The van der Waals surface area contributed by atoms with Gasteiger partial charge in [0, 0.05) is 25.9 Å². The zero-order valence-electron chi connectivity index (χ0n) is 12.4. The van der Waals surface area contributed by atoms with E-state index in [1.807, 2.05) is 19.0 Å². The SMILES string of the molecule is CN(C)c1nccc(CNC(=O)c2ccc3c(c2)OCO3)n1. The molecule has 0 saturated heterocycles. The highest BCUT2D eigenvalue weighted by molar-refractivity contribution is 5.94. The molecule has 0 aliphatic carbocycles. The Hall–Kier alpha value is -2.83. The van der Waals surface area contributed by atoms with Gasteiger partial charge in [-0.2, -0.15) is 0 Å². The maximum absolute atomic E-state index is 12.2. The molecular formula is C15H16N4O3. The Morgan fingerprint density at radius 1 is 1.27 bits per heavy atom. The lowest BCUT2D eigenvalue weighted by Crippen LogP contribution is -2.24. The van der Waals surface area contributed by atoms with E-state index in [2.05, 4.69) is 15.3 Å². The molecular weight excluding hydrogens is 284 g/mol. The van der Waals surface area contributed by atoms with E-state index >= 15 is 0 Å². The number of rotatable bonds is 4. The van der Waals surface area contributed by atoms with Gasteiger partial charge in [0.05, 0.1) is 12.2 Å². The summed E-state index contributed by atoms with van der Waals surface area (Å²) >= 11 is 0. The molecule has 0 atom stereocenters. The first kappa shape index (κ1) is 14.1. The van der Waals surface area contributed by atoms with Crippen molar-refractivity contribution in [3.05, 3.63) is 41.7 Å². The highest BCUT2D eigenvalue weighted by atomic mass is 16.7. The van der Waals surface area contributed by atoms with Crippen LogP contribution in [0.3, 0.4) is 0 Å². The van der Waals surface area contributed by atoms with Gasteiger partial charge in [0.25, 0.3) is 5.91 Å². The van der Waals surface area contributed by atoms with Gasteiger partial charge in [-0.15, -0.1) is 0 Å². The van der Waals surface area contributed by atoms with Crippen molar-refractivity contribution in [2.75, 3.05) is 25.8 Å². The summed E-state index contributed by atoms with van der Waals surface area (Å²) in [6, 6.07) is 6.87. The standard InChI is InChI=1S/C15H16N4O3/c1-19(2)15-16-6-5-11(18-15)8-17-14(20)10-3-4-12-13(7-10)22-9-21-12/h3-7H,8-9H2,1-2H3,(H,17,20). The number of anilines is 1. The van der Waals surface area contributed by atoms with Crippen LogP contribution in [0.15, 0.2) is 30.5 Å². The average Bonchev–Trinajstić information content (AvgIpc) is 3.00. The molecule has 1 aromatic carbocycles. The summed E-state index contributed by atoms with van der Waals surface area (Å²) in [7, 11) is 3.73. The van der Waals surface area contributed by atoms with E-state index in [9.17, 15) is 4.79 Å². The highest BCUT2D eigenvalue weighted by Gasteiger charge is 2.16. The monoisotopic (exact) mass is 300 g/mol. The number of fused-ring (bicyclic) bond motifs is 1. The molecule has 3 rings (SSSR count). The van der Waals surface area contributed by atoms with Crippen LogP contribution >= 0.6 is 0 Å². The van der Waals surface area contributed by atoms with Gasteiger partial charge in [-0.25, -0.2) is 9.97 Å². The molecule has 1 amide bonds. The van der Waals surface area contributed by atoms with E-state index in [4.69, 9.17) is 9.47 Å². The number of hydrogen-bond donors (Lipinski definition) is 1. The summed E-state index contributed by atoms with van der Waals surface area (Å²) in [4.78, 5) is 22.5. The van der Waals surface area contributed by atoms with Crippen LogP contribution in [-0.2, 0) is 6.54 Å². The maximum Gasteiger partial charge on any atom is 0.251 e. The second kappa shape index (κ2) is 5.88. The number of carbonyl (C=O) groups excluding carboxylic acids is 1. The van der Waals surface area contributed by atoms with Crippen molar-refractivity contribution in [3.63, 3.8) is 0 Å². The molecule has 0 bridgehead atoms. The summed E-state index contributed by atoms with van der Waals surface area (Å²) < 4.78 is 10.5. The number of ether oxygens (including phenoxy) is 2. The number of amides is 1. The summed E-state index contributed by atoms with van der Waals surface area (Å²) in [5.41, 5.74) is 1.26. The van der Waals surface area contributed by atoms with Gasteiger partial charge in [0.15, 0.2) is 11.5 Å². The number of aromatic nitrogens is 2. The number of carbonyl (C=O) groups is 1. The third kappa shape index (κ3) is 2.93. The Balaban J connectivity index is 1.66. The Labute approximate surface area is 127 Å². The van der Waals surface area contributed by atoms with Crippen LogP contribution in [-0.4, -0.2) is 36.8 Å². The Kier molecular flexibility index (Phi) is 3.78. The van der Waals surface area contributed by atoms with Crippen molar-refractivity contribution in [2.24, 2.45) is 0 Å². The molecule has 1 aromatic heterocycles. The van der Waals surface area contributed by atoms with Gasteiger partial charge in [-0.1, -0.05) is 0 Å². The zero-order valence-corrected chi connectivity index (χ0v) is 12.4. The molecule has 22 heavy (non-hydrogen) atoms. The van der Waals surface area contributed by atoms with E-state index in [1.54, 1.807) is 30.5 Å². The zero-order chi connectivity index (χ0) is 15.5. The smallest absolute Gasteiger partial charge is 0.251 e. The van der Waals surface area contributed by atoms with Crippen molar-refractivity contribution in [2.45, 2.75) is 6.54 Å². The van der Waals surface area contributed by atoms with Crippen LogP contribution < -0.4 is 19.7 Å². The molecule has 0 radical (unpaired) electrons. The topological polar surface area (TPSA) is 76.6 Å². The molecule has 0 spiro atoms. The van der Waals surface area contributed by atoms with Gasteiger partial charge < -0.3 is 19.7 Å². The van der Waals surface area contributed by atoms with Crippen LogP contribution in [0.5, 0.6) is 11.5 Å². The molecule has 1 N–H and O–H groups in total. The molecule has 114 valence electrons. The average molecular weight is 300 g/mol. The fourth-order valence-corrected chi connectivity index (χ4v) is 2.01. The van der Waals surface area contributed by atoms with Gasteiger partial charge >= 0.3 is 0 Å². The highest BCUT2D eigenvalue weighted by Crippen LogP contribution is 2.32. The van der Waals surface area contributed by atoms with Gasteiger partial charge in [0.1, 0.15) is 0 Å². The van der Waals surface area contributed by atoms with E-state index < -0.39 is 0 Å². The lowest BCUT2D eigenvalue weighted by Gasteiger charge is -2.11. The Bertz CT molecular complexity index is 703. The minimum atomic E-state index is -0.191. The lowest BCUT2D eigenvalue weighted by molar-refractivity contribution is 0.0950. The number of hydrogen-bond acceptors (Lipinski definition) is 6. The molecule has 1 aliphatic rings. The molecule has 2 aromatic rings. The first-order chi connectivity index (χ1) is 10.6. The Morgan fingerprint density at radius 3 is 2.91 bits per heavy atom. The van der Waals surface area contributed by atoms with Crippen LogP contribution in [0.4, 0.5) is 5.95 Å². The normalized spacial score (nSPS) is 12.1. The summed E-state index contributed by atoms with van der Waals surface area (Å²) in [5.74, 6) is 1.66. The molecule has 0 saturated carbocycles. The van der Waals surface area contributed by atoms with Gasteiger partial charge in [0.2, 0.25) is 12.7 Å². The van der Waals surface area contributed by atoms with E-state index in [0.29, 0.717) is 29.6 Å². The predicted octanol–water partition coefficient (Wildman–Crippen LogP) is 1.20. The lowest BCUT2D eigenvalue weighted by atomic mass is 10.2. The van der Waals surface area contributed by atoms with Crippen molar-refractivity contribution >= 4 is 11.9 Å². The fraction of sp³-hybridized carbons (Fsp3) is 0.267. The van der Waals surface area contributed by atoms with Crippen LogP contribution in [0.25, 0.3) is 0 Å². The molecule has 0 fully saturated rings. The van der Waals surface area contributed by atoms with Crippen molar-refractivity contribution < 1.29 is 14.3 Å². The first-order valence-corrected chi connectivity index (χ1v) is 6.80. The van der Waals surface area contributed by atoms with E-state index in [1.165, 1.54) is 0 Å². The van der Waals surface area contributed by atoms with Crippen LogP contribution in [0.1, 0.15) is 16.1 Å². The van der Waals surface area contributed by atoms with Crippen LogP contribution in [0.2, 0.25) is 0 Å². The summed E-state index contributed by atoms with van der Waals surface area (Å²) in [6.07, 6.45) is 1.67. The minimum absolute atomic E-state index is 0.189. The minimum Gasteiger partial charge on any atom is -0.454 e. The second-order valence-corrected chi connectivity index (χ2v) is 4.99. The summed E-state index contributed by atoms with van der Waals surface area (Å²) in [5, 5.41) is 2.83. The predicted molar refractivity (Wildman–Crippen MR) is 80.1 cm³/mol. The molecule has 7 heteroatoms. The van der Waals surface area contributed by atoms with Crippen molar-refractivity contribution in [3.8, 4) is 11.5 Å². The quantitative estimate of drug-likeness (QED) is 0.914. The largest absolute Gasteiger partial charge is 0.454 e. The summed E-state index contributed by atoms with van der Waals surface area (Å²) in [6.45, 7) is 0.519. The van der Waals surface area contributed by atoms with Crippen molar-refractivity contribution in [1.29, 1.82) is 0 Å². The van der Waals surface area contributed by atoms with Gasteiger partial charge in [-0.05, 0) is 24.3 Å². The molecule has 0 unspecified atom stereocenters. The van der Waals surface area contributed by atoms with Gasteiger partial charge in [-0.3, -0.25) is 4.79 Å². The fourth-order valence-electron chi connectivity index (χ4n) is 2.01. The number of nitrogens with one attached hydrogen (secondary N) is 1. The third-order valence-electron chi connectivity index (χ3n) is 3.17. The Morgan fingerprint density at radius 2 is 2.09 bits per heavy atom. The second-order valence-electron chi connectivity index (χ2n) is 4.99. The van der Waals surface area contributed by atoms with Crippen molar-refractivity contribution in [1.82, 2.24) is 15.3 Å². The van der Waals surface area contributed by atoms with E-state index in [0.717, 1.165) is 5.69 Å². The molecule has 2 heterocycles.